The number of hydrogen-bond donors (Lipinski definition) is 1. The Labute approximate surface area is 94.3 Å². The van der Waals surface area contributed by atoms with Gasteiger partial charge in [-0.05, 0) is 32.9 Å². The van der Waals surface area contributed by atoms with Gasteiger partial charge in [-0.3, -0.25) is 4.79 Å². The molecule has 0 aliphatic carbocycles. The first kappa shape index (κ1) is 10.9. The molecule has 1 N–H and O–H groups in total. The first-order valence-corrected chi connectivity index (χ1v) is 5.40. The minimum atomic E-state index is -0.386. The van der Waals surface area contributed by atoms with Crippen molar-refractivity contribution in [1.82, 2.24) is 0 Å². The Kier molecular flexibility index (Phi) is 2.58. The SMILES string of the molecule is CC(C)N1c2cccc(F)c2NC(=O)C1C. The monoisotopic (exact) mass is 222 g/mol. The summed E-state index contributed by atoms with van der Waals surface area (Å²) in [5.74, 6) is -0.547. The van der Waals surface area contributed by atoms with Gasteiger partial charge in [-0.1, -0.05) is 6.07 Å². The summed E-state index contributed by atoms with van der Waals surface area (Å²) in [6.45, 7) is 5.80. The van der Waals surface area contributed by atoms with Crippen molar-refractivity contribution in [2.24, 2.45) is 0 Å². The standard InChI is InChI=1S/C12H15FN2O/c1-7(2)15-8(3)12(16)14-11-9(13)5-4-6-10(11)15/h4-8H,1-3H3,(H,14,16). The van der Waals surface area contributed by atoms with Crippen molar-refractivity contribution in [2.45, 2.75) is 32.9 Å². The number of nitrogens with zero attached hydrogens (tertiary/aromatic N) is 1. The highest BCUT2D eigenvalue weighted by Gasteiger charge is 2.32. The molecule has 0 radical (unpaired) electrons. The molecule has 4 heteroatoms. The van der Waals surface area contributed by atoms with E-state index < -0.39 is 0 Å². The number of anilines is 2. The minimum Gasteiger partial charge on any atom is -0.356 e. The van der Waals surface area contributed by atoms with Gasteiger partial charge in [-0.25, -0.2) is 4.39 Å². The lowest BCUT2D eigenvalue weighted by Gasteiger charge is -2.39. The summed E-state index contributed by atoms with van der Waals surface area (Å²) in [5, 5.41) is 2.61. The Bertz CT molecular complexity index is 431. The van der Waals surface area contributed by atoms with Crippen molar-refractivity contribution >= 4 is 17.3 Å². The number of carbonyl (C=O) groups excluding carboxylic acids is 1. The van der Waals surface area contributed by atoms with E-state index >= 15 is 0 Å². The van der Waals surface area contributed by atoms with Gasteiger partial charge in [0.2, 0.25) is 5.91 Å². The maximum absolute atomic E-state index is 13.6. The van der Waals surface area contributed by atoms with Crippen LogP contribution in [0.4, 0.5) is 15.8 Å². The van der Waals surface area contributed by atoms with Crippen molar-refractivity contribution in [1.29, 1.82) is 0 Å². The lowest BCUT2D eigenvalue weighted by molar-refractivity contribution is -0.117. The van der Waals surface area contributed by atoms with Crippen LogP contribution in [0.2, 0.25) is 0 Å². The third-order valence-electron chi connectivity index (χ3n) is 2.87. The second-order valence-electron chi connectivity index (χ2n) is 4.30. The van der Waals surface area contributed by atoms with Gasteiger partial charge in [0.25, 0.3) is 0 Å². The van der Waals surface area contributed by atoms with Crippen LogP contribution in [-0.4, -0.2) is 18.0 Å². The first-order chi connectivity index (χ1) is 7.52. The van der Waals surface area contributed by atoms with Crippen molar-refractivity contribution in [2.75, 3.05) is 10.2 Å². The van der Waals surface area contributed by atoms with Crippen LogP contribution in [0, 0.1) is 5.82 Å². The normalized spacial score (nSPS) is 19.7. The molecule has 0 aromatic heterocycles. The molecule has 1 unspecified atom stereocenters. The molecule has 2 rings (SSSR count). The smallest absolute Gasteiger partial charge is 0.246 e. The molecule has 1 atom stereocenters. The molecule has 1 amide bonds. The van der Waals surface area contributed by atoms with Gasteiger partial charge in [-0.2, -0.15) is 0 Å². The molecule has 86 valence electrons. The molecule has 0 saturated heterocycles. The molecule has 0 saturated carbocycles. The quantitative estimate of drug-likeness (QED) is 0.791. The van der Waals surface area contributed by atoms with Crippen LogP contribution in [0.25, 0.3) is 0 Å². The molecule has 1 aliphatic heterocycles. The van der Waals surface area contributed by atoms with Gasteiger partial charge in [0.15, 0.2) is 0 Å². The Morgan fingerprint density at radius 2 is 2.12 bits per heavy atom. The zero-order valence-electron chi connectivity index (χ0n) is 9.62. The number of nitrogens with one attached hydrogen (secondary N) is 1. The number of halogens is 1. The van der Waals surface area contributed by atoms with Crippen LogP contribution in [0.15, 0.2) is 18.2 Å². The van der Waals surface area contributed by atoms with Crippen molar-refractivity contribution < 1.29 is 9.18 Å². The van der Waals surface area contributed by atoms with Gasteiger partial charge in [0.1, 0.15) is 17.5 Å². The van der Waals surface area contributed by atoms with E-state index in [-0.39, 0.29) is 23.8 Å². The van der Waals surface area contributed by atoms with Crippen LogP contribution >= 0.6 is 0 Å². The highest BCUT2D eigenvalue weighted by Crippen LogP contribution is 2.35. The molecular formula is C12H15FN2O. The highest BCUT2D eigenvalue weighted by atomic mass is 19.1. The van der Waals surface area contributed by atoms with E-state index in [1.807, 2.05) is 31.7 Å². The number of fused-ring (bicyclic) bond motifs is 1. The topological polar surface area (TPSA) is 32.3 Å². The summed E-state index contributed by atoms with van der Waals surface area (Å²) < 4.78 is 13.6. The molecular weight excluding hydrogens is 207 g/mol. The second-order valence-corrected chi connectivity index (χ2v) is 4.30. The summed E-state index contributed by atoms with van der Waals surface area (Å²) in [5.41, 5.74) is 1.04. The molecule has 0 bridgehead atoms. The fourth-order valence-electron chi connectivity index (χ4n) is 2.14. The molecule has 0 spiro atoms. The van der Waals surface area contributed by atoms with Gasteiger partial charge >= 0.3 is 0 Å². The van der Waals surface area contributed by atoms with E-state index in [1.54, 1.807) is 6.07 Å². The Morgan fingerprint density at radius 1 is 1.44 bits per heavy atom. The molecule has 16 heavy (non-hydrogen) atoms. The lowest BCUT2D eigenvalue weighted by Crippen LogP contribution is -2.49. The zero-order chi connectivity index (χ0) is 11.9. The van der Waals surface area contributed by atoms with Crippen molar-refractivity contribution in [3.63, 3.8) is 0 Å². The van der Waals surface area contributed by atoms with Gasteiger partial charge in [-0.15, -0.1) is 0 Å². The van der Waals surface area contributed by atoms with Crippen LogP contribution in [0.1, 0.15) is 20.8 Å². The van der Waals surface area contributed by atoms with E-state index in [4.69, 9.17) is 0 Å². The maximum atomic E-state index is 13.6. The third kappa shape index (κ3) is 1.54. The van der Waals surface area contributed by atoms with Crippen LogP contribution in [0.5, 0.6) is 0 Å². The minimum absolute atomic E-state index is 0.154. The lowest BCUT2D eigenvalue weighted by atomic mass is 10.1. The summed E-state index contributed by atoms with van der Waals surface area (Å²) in [6.07, 6.45) is 0. The van der Waals surface area contributed by atoms with Crippen molar-refractivity contribution in [3.8, 4) is 0 Å². The fraction of sp³-hybridized carbons (Fsp3) is 0.417. The van der Waals surface area contributed by atoms with E-state index in [0.29, 0.717) is 5.69 Å². The van der Waals surface area contributed by atoms with E-state index in [2.05, 4.69) is 5.32 Å². The second kappa shape index (κ2) is 3.77. The molecule has 1 aliphatic rings. The van der Waals surface area contributed by atoms with Crippen molar-refractivity contribution in [3.05, 3.63) is 24.0 Å². The molecule has 0 fully saturated rings. The summed E-state index contributed by atoms with van der Waals surface area (Å²) in [6, 6.07) is 4.73. The number of hydrogen-bond acceptors (Lipinski definition) is 2. The zero-order valence-corrected chi connectivity index (χ0v) is 9.62. The Morgan fingerprint density at radius 3 is 2.75 bits per heavy atom. The summed E-state index contributed by atoms with van der Waals surface area (Å²) in [7, 11) is 0. The Balaban J connectivity index is 2.56. The predicted octanol–water partition coefficient (Wildman–Crippen LogP) is 2.38. The molecule has 3 nitrogen and oxygen atoms in total. The predicted molar refractivity (Wildman–Crippen MR) is 62.1 cm³/mol. The Hall–Kier alpha value is -1.58. The third-order valence-corrected chi connectivity index (χ3v) is 2.87. The highest BCUT2D eigenvalue weighted by molar-refractivity contribution is 6.03. The van der Waals surface area contributed by atoms with Crippen LogP contribution in [-0.2, 0) is 4.79 Å². The number of amides is 1. The van der Waals surface area contributed by atoms with E-state index in [9.17, 15) is 9.18 Å². The van der Waals surface area contributed by atoms with Crippen LogP contribution < -0.4 is 10.2 Å². The molecule has 1 heterocycles. The first-order valence-electron chi connectivity index (χ1n) is 5.40. The van der Waals surface area contributed by atoms with Gasteiger partial charge in [0.05, 0.1) is 5.69 Å². The maximum Gasteiger partial charge on any atom is 0.246 e. The summed E-state index contributed by atoms with van der Waals surface area (Å²) >= 11 is 0. The average Bonchev–Trinajstić information content (AvgIpc) is 2.21. The van der Waals surface area contributed by atoms with Gasteiger partial charge < -0.3 is 10.2 Å². The molecule has 1 aromatic rings. The summed E-state index contributed by atoms with van der Waals surface area (Å²) in [4.78, 5) is 13.6. The van der Waals surface area contributed by atoms with Crippen LogP contribution in [0.3, 0.4) is 0 Å². The molecule has 1 aromatic carbocycles. The fourth-order valence-corrected chi connectivity index (χ4v) is 2.14. The van der Waals surface area contributed by atoms with Gasteiger partial charge in [0, 0.05) is 6.04 Å². The number of para-hydroxylation sites is 1. The van der Waals surface area contributed by atoms with E-state index in [0.717, 1.165) is 5.69 Å². The average molecular weight is 222 g/mol. The van der Waals surface area contributed by atoms with E-state index in [1.165, 1.54) is 6.07 Å². The largest absolute Gasteiger partial charge is 0.356 e. The number of carbonyl (C=O) groups is 1. The number of benzene rings is 1. The number of rotatable bonds is 1.